The third kappa shape index (κ3) is 1.29. The van der Waals surface area contributed by atoms with Crippen LogP contribution >= 0.6 is 23.7 Å². The maximum absolute atomic E-state index is 11.0. The second-order valence-electron chi connectivity index (χ2n) is 2.01. The van der Waals surface area contributed by atoms with Crippen LogP contribution in [0.1, 0.15) is 0 Å². The first kappa shape index (κ1) is 8.30. The highest BCUT2D eigenvalue weighted by Gasteiger charge is 1.95. The lowest BCUT2D eigenvalue weighted by Crippen LogP contribution is -2.01. The average molecular weight is 188 g/mol. The molecule has 0 aliphatic carbocycles. The zero-order valence-electron chi connectivity index (χ0n) is 5.53. The molecule has 1 N–H and O–H groups in total. The van der Waals surface area contributed by atoms with Crippen LogP contribution in [0.4, 0.5) is 0 Å². The number of aromatic nitrogens is 1. The lowest BCUT2D eigenvalue weighted by Gasteiger charge is -1.83. The van der Waals surface area contributed by atoms with E-state index in [4.69, 9.17) is 0 Å². The van der Waals surface area contributed by atoms with E-state index in [1.807, 2.05) is 17.5 Å². The van der Waals surface area contributed by atoms with Gasteiger partial charge in [-0.05, 0) is 22.9 Å². The molecule has 4 heteroatoms. The van der Waals surface area contributed by atoms with Gasteiger partial charge in [0.1, 0.15) is 0 Å². The molecule has 0 bridgehead atoms. The third-order valence-corrected chi connectivity index (χ3v) is 2.31. The van der Waals surface area contributed by atoms with Crippen LogP contribution in [0.5, 0.6) is 0 Å². The van der Waals surface area contributed by atoms with Crippen molar-refractivity contribution in [2.75, 3.05) is 0 Å². The number of H-pyrrole nitrogens is 1. The molecule has 0 fully saturated rings. The Kier molecular flexibility index (Phi) is 2.31. The number of nitrogens with one attached hydrogen (secondary N) is 1. The van der Waals surface area contributed by atoms with Gasteiger partial charge in [-0.1, -0.05) is 0 Å². The third-order valence-electron chi connectivity index (χ3n) is 1.38. The molecule has 11 heavy (non-hydrogen) atoms. The summed E-state index contributed by atoms with van der Waals surface area (Å²) in [7, 11) is 0. The number of fused-ring (bicyclic) bond motifs is 1. The molecule has 0 amide bonds. The predicted octanol–water partition coefficient (Wildman–Crippen LogP) is 2.01. The Morgan fingerprint density at radius 2 is 2.18 bits per heavy atom. The minimum absolute atomic E-state index is 0. The van der Waals surface area contributed by atoms with E-state index >= 15 is 0 Å². The van der Waals surface area contributed by atoms with Crippen LogP contribution in [0.25, 0.3) is 10.1 Å². The quantitative estimate of drug-likeness (QED) is 0.673. The van der Waals surface area contributed by atoms with E-state index in [0.29, 0.717) is 0 Å². The smallest absolute Gasteiger partial charge is 0.265 e. The lowest BCUT2D eigenvalue weighted by atomic mass is 10.3. The summed E-state index contributed by atoms with van der Waals surface area (Å²) < 4.78 is 0.808. The van der Waals surface area contributed by atoms with Gasteiger partial charge in [0.2, 0.25) is 0 Å². The molecule has 0 unspecified atom stereocenters. The molecule has 2 nitrogen and oxygen atoms in total. The topological polar surface area (TPSA) is 32.9 Å². The fourth-order valence-corrected chi connectivity index (χ4v) is 1.70. The Hall–Kier alpha value is -0.800. The van der Waals surface area contributed by atoms with Gasteiger partial charge in [-0.3, -0.25) is 4.79 Å². The Morgan fingerprint density at radius 3 is 2.91 bits per heavy atom. The van der Waals surface area contributed by atoms with Crippen molar-refractivity contribution in [3.63, 3.8) is 0 Å². The Morgan fingerprint density at radius 1 is 1.36 bits per heavy atom. The highest BCUT2D eigenvalue weighted by molar-refractivity contribution is 7.17. The number of pyridine rings is 1. The van der Waals surface area contributed by atoms with Gasteiger partial charge in [-0.2, -0.15) is 0 Å². The summed E-state index contributed by atoms with van der Waals surface area (Å²) >= 11 is 1.47. The first-order valence-corrected chi connectivity index (χ1v) is 3.81. The van der Waals surface area contributed by atoms with Crippen LogP contribution in [-0.2, 0) is 0 Å². The molecule has 0 saturated carbocycles. The van der Waals surface area contributed by atoms with Gasteiger partial charge in [-0.15, -0.1) is 23.7 Å². The van der Waals surface area contributed by atoms with Gasteiger partial charge in [-0.25, -0.2) is 0 Å². The molecule has 0 aliphatic heterocycles. The van der Waals surface area contributed by atoms with Crippen LogP contribution < -0.4 is 5.56 Å². The zero-order chi connectivity index (χ0) is 6.97. The van der Waals surface area contributed by atoms with Crippen LogP contribution in [0.3, 0.4) is 0 Å². The molecule has 0 atom stereocenters. The highest BCUT2D eigenvalue weighted by atomic mass is 35.5. The van der Waals surface area contributed by atoms with E-state index in [-0.39, 0.29) is 18.0 Å². The minimum Gasteiger partial charge on any atom is -0.328 e. The van der Waals surface area contributed by atoms with E-state index in [1.165, 1.54) is 11.3 Å². The second-order valence-corrected chi connectivity index (χ2v) is 2.93. The fourth-order valence-electron chi connectivity index (χ4n) is 0.908. The van der Waals surface area contributed by atoms with Crippen molar-refractivity contribution in [2.24, 2.45) is 0 Å². The number of rotatable bonds is 0. The molecular weight excluding hydrogens is 182 g/mol. The molecule has 2 aromatic rings. The Bertz CT molecular complexity index is 406. The van der Waals surface area contributed by atoms with Crippen molar-refractivity contribution < 1.29 is 0 Å². The maximum atomic E-state index is 11.0. The lowest BCUT2D eigenvalue weighted by molar-refractivity contribution is 1.29. The predicted molar refractivity (Wildman–Crippen MR) is 49.7 cm³/mol. The summed E-state index contributed by atoms with van der Waals surface area (Å²) in [5.41, 5.74) is 0.00694. The first-order valence-electron chi connectivity index (χ1n) is 2.93. The van der Waals surface area contributed by atoms with Crippen LogP contribution in [0, 0.1) is 0 Å². The molecular formula is C7H6ClNOS. The molecule has 0 radical (unpaired) electrons. The average Bonchev–Trinajstić information content (AvgIpc) is 2.36. The maximum Gasteiger partial charge on any atom is 0.265 e. The normalized spacial score (nSPS) is 9.45. The second kappa shape index (κ2) is 3.07. The SMILES string of the molecule is Cl.O=c1[nH]ccc2ccsc12. The van der Waals surface area contributed by atoms with Gasteiger partial charge < -0.3 is 4.98 Å². The summed E-state index contributed by atoms with van der Waals surface area (Å²) in [6.45, 7) is 0. The van der Waals surface area contributed by atoms with Crippen molar-refractivity contribution in [1.82, 2.24) is 4.98 Å². The van der Waals surface area contributed by atoms with Crippen molar-refractivity contribution in [3.8, 4) is 0 Å². The highest BCUT2D eigenvalue weighted by Crippen LogP contribution is 2.14. The van der Waals surface area contributed by atoms with Gasteiger partial charge in [0, 0.05) is 6.20 Å². The summed E-state index contributed by atoms with van der Waals surface area (Å²) in [6, 6.07) is 3.84. The van der Waals surface area contributed by atoms with Crippen LogP contribution in [-0.4, -0.2) is 4.98 Å². The number of thiophene rings is 1. The molecule has 2 aromatic heterocycles. The van der Waals surface area contributed by atoms with Gasteiger partial charge >= 0.3 is 0 Å². The van der Waals surface area contributed by atoms with Gasteiger partial charge in [0.05, 0.1) is 4.70 Å². The Labute approximate surface area is 73.3 Å². The minimum atomic E-state index is 0. The Balaban J connectivity index is 0.000000605. The first-order chi connectivity index (χ1) is 4.88. The summed E-state index contributed by atoms with van der Waals surface area (Å²) in [5, 5.41) is 2.94. The summed E-state index contributed by atoms with van der Waals surface area (Å²) in [4.78, 5) is 13.6. The molecule has 2 rings (SSSR count). The van der Waals surface area contributed by atoms with Crippen molar-refractivity contribution in [3.05, 3.63) is 34.1 Å². The number of halogens is 1. The number of hydrogen-bond donors (Lipinski definition) is 1. The van der Waals surface area contributed by atoms with Crippen molar-refractivity contribution in [1.29, 1.82) is 0 Å². The van der Waals surface area contributed by atoms with Crippen molar-refractivity contribution in [2.45, 2.75) is 0 Å². The molecule has 0 aromatic carbocycles. The van der Waals surface area contributed by atoms with Crippen LogP contribution in [0.15, 0.2) is 28.5 Å². The molecule has 0 saturated heterocycles. The van der Waals surface area contributed by atoms with Crippen LogP contribution in [0.2, 0.25) is 0 Å². The summed E-state index contributed by atoms with van der Waals surface area (Å²) in [6.07, 6.45) is 1.66. The number of hydrogen-bond acceptors (Lipinski definition) is 2. The molecule has 2 heterocycles. The largest absolute Gasteiger partial charge is 0.328 e. The summed E-state index contributed by atoms with van der Waals surface area (Å²) in [5.74, 6) is 0. The van der Waals surface area contributed by atoms with E-state index in [0.717, 1.165) is 10.1 Å². The van der Waals surface area contributed by atoms with E-state index in [2.05, 4.69) is 4.98 Å². The zero-order valence-corrected chi connectivity index (χ0v) is 7.17. The molecule has 58 valence electrons. The standard InChI is InChI=1S/C7H5NOS.ClH/c9-7-6-5(1-3-8-7)2-4-10-6;/h1-4H,(H,8,9);1H. The molecule has 0 aliphatic rings. The van der Waals surface area contributed by atoms with E-state index < -0.39 is 0 Å². The fraction of sp³-hybridized carbons (Fsp3) is 0. The van der Waals surface area contributed by atoms with E-state index in [1.54, 1.807) is 6.20 Å². The van der Waals surface area contributed by atoms with E-state index in [9.17, 15) is 4.79 Å². The van der Waals surface area contributed by atoms with Crippen molar-refractivity contribution >= 4 is 33.8 Å². The monoisotopic (exact) mass is 187 g/mol. The molecule has 0 spiro atoms. The number of aromatic amines is 1. The van der Waals surface area contributed by atoms with Gasteiger partial charge in [0.15, 0.2) is 0 Å². The van der Waals surface area contributed by atoms with Gasteiger partial charge in [0.25, 0.3) is 5.56 Å².